The molecule has 5 nitrogen and oxygen atoms in total. The SMILES string of the molecule is [2H]C1=C(C(=O)OCC)C(C)(c2ccccc2)N(C)C(C)=C1C(=O)OCC. The molecule has 1 atom stereocenters. The lowest BCUT2D eigenvalue weighted by Crippen LogP contribution is -2.47. The van der Waals surface area contributed by atoms with Gasteiger partial charge in [0, 0.05) is 12.7 Å². The second-order valence-corrected chi connectivity index (χ2v) is 5.90. The van der Waals surface area contributed by atoms with Crippen molar-refractivity contribution in [2.45, 2.75) is 33.2 Å². The maximum absolute atomic E-state index is 12.8. The van der Waals surface area contributed by atoms with E-state index >= 15 is 0 Å². The van der Waals surface area contributed by atoms with E-state index in [4.69, 9.17) is 10.8 Å². The summed E-state index contributed by atoms with van der Waals surface area (Å²) >= 11 is 0. The van der Waals surface area contributed by atoms with Crippen LogP contribution < -0.4 is 0 Å². The van der Waals surface area contributed by atoms with Crippen molar-refractivity contribution in [1.29, 1.82) is 0 Å². The zero-order chi connectivity index (χ0) is 19.5. The van der Waals surface area contributed by atoms with Gasteiger partial charge in [-0.25, -0.2) is 9.59 Å². The van der Waals surface area contributed by atoms with Gasteiger partial charge in [0.25, 0.3) is 0 Å². The Kier molecular flexibility index (Phi) is 5.22. The van der Waals surface area contributed by atoms with Gasteiger partial charge >= 0.3 is 11.9 Å². The standard InChI is InChI=1S/C20H25NO4/c1-6-24-18(22)16-13-17(19(23)25-7-2)20(4,21(5)14(16)3)15-11-9-8-10-12-15/h8-13H,6-7H2,1-5H3/i13D. The molecule has 5 heteroatoms. The molecule has 0 spiro atoms. The second-order valence-electron chi connectivity index (χ2n) is 5.90. The third-order valence-corrected chi connectivity index (χ3v) is 4.57. The van der Waals surface area contributed by atoms with E-state index in [1.54, 1.807) is 27.8 Å². The first kappa shape index (κ1) is 17.3. The van der Waals surface area contributed by atoms with Gasteiger partial charge < -0.3 is 14.4 Å². The summed E-state index contributed by atoms with van der Waals surface area (Å²) in [7, 11) is 1.80. The molecule has 0 fully saturated rings. The van der Waals surface area contributed by atoms with Gasteiger partial charge in [0.15, 0.2) is 0 Å². The minimum atomic E-state index is -0.940. The quantitative estimate of drug-likeness (QED) is 0.768. The highest BCUT2D eigenvalue weighted by Crippen LogP contribution is 2.42. The van der Waals surface area contributed by atoms with Crippen molar-refractivity contribution in [3.63, 3.8) is 0 Å². The zero-order valence-corrected chi connectivity index (χ0v) is 15.4. The smallest absolute Gasteiger partial charge is 0.339 e. The number of esters is 2. The summed E-state index contributed by atoms with van der Waals surface area (Å²) < 4.78 is 18.9. The Hall–Kier alpha value is -2.56. The first-order valence-corrected chi connectivity index (χ1v) is 8.36. The van der Waals surface area contributed by atoms with Crippen molar-refractivity contribution in [2.75, 3.05) is 20.3 Å². The molecule has 0 saturated carbocycles. The molecule has 25 heavy (non-hydrogen) atoms. The number of benzene rings is 1. The van der Waals surface area contributed by atoms with Gasteiger partial charge in [0.1, 0.15) is 0 Å². The Morgan fingerprint density at radius 3 is 2.24 bits per heavy atom. The number of nitrogens with zero attached hydrogens (tertiary/aromatic N) is 1. The van der Waals surface area contributed by atoms with Crippen LogP contribution in [0.4, 0.5) is 0 Å². The van der Waals surface area contributed by atoms with Crippen LogP contribution in [0.15, 0.2) is 53.2 Å². The molecule has 134 valence electrons. The predicted molar refractivity (Wildman–Crippen MR) is 95.6 cm³/mol. The van der Waals surface area contributed by atoms with Crippen LogP contribution in [-0.2, 0) is 24.6 Å². The number of rotatable bonds is 5. The Morgan fingerprint density at radius 1 is 1.12 bits per heavy atom. The number of carbonyl (C=O) groups excluding carboxylic acids is 2. The first-order chi connectivity index (χ1) is 12.3. The molecule has 1 aliphatic heterocycles. The molecule has 0 N–H and O–H groups in total. The van der Waals surface area contributed by atoms with Crippen LogP contribution >= 0.6 is 0 Å². The van der Waals surface area contributed by atoms with Crippen molar-refractivity contribution in [3.05, 3.63) is 58.8 Å². The van der Waals surface area contributed by atoms with E-state index in [2.05, 4.69) is 0 Å². The number of carbonyl (C=O) groups is 2. The lowest BCUT2D eigenvalue weighted by atomic mass is 9.78. The molecule has 0 aromatic heterocycles. The number of hydrogen-bond acceptors (Lipinski definition) is 5. The van der Waals surface area contributed by atoms with Crippen molar-refractivity contribution < 1.29 is 20.4 Å². The van der Waals surface area contributed by atoms with E-state index in [1.165, 1.54) is 0 Å². The molecular formula is C20H25NO4. The summed E-state index contributed by atoms with van der Waals surface area (Å²) in [6, 6.07) is 9.28. The van der Waals surface area contributed by atoms with Crippen LogP contribution in [0.3, 0.4) is 0 Å². The highest BCUT2D eigenvalue weighted by molar-refractivity contribution is 5.99. The van der Waals surface area contributed by atoms with Gasteiger partial charge in [-0.05, 0) is 39.3 Å². The lowest BCUT2D eigenvalue weighted by Gasteiger charge is -2.45. The van der Waals surface area contributed by atoms with Gasteiger partial charge in [-0.3, -0.25) is 0 Å². The van der Waals surface area contributed by atoms with Crippen molar-refractivity contribution in [2.24, 2.45) is 0 Å². The fourth-order valence-corrected chi connectivity index (χ4v) is 2.96. The molecule has 2 rings (SSSR count). The molecule has 0 amide bonds. The minimum absolute atomic E-state index is 0.0887. The second kappa shape index (κ2) is 7.55. The fourth-order valence-electron chi connectivity index (χ4n) is 2.96. The normalized spacial score (nSPS) is 21.2. The number of likely N-dealkylation sites (N-methyl/N-ethyl adjacent to an activating group) is 1. The van der Waals surface area contributed by atoms with Gasteiger partial charge in [-0.15, -0.1) is 0 Å². The van der Waals surface area contributed by atoms with Crippen molar-refractivity contribution >= 4 is 11.9 Å². The molecule has 1 unspecified atom stereocenters. The largest absolute Gasteiger partial charge is 0.463 e. The van der Waals surface area contributed by atoms with E-state index in [0.717, 1.165) is 5.56 Å². The lowest BCUT2D eigenvalue weighted by molar-refractivity contribution is -0.140. The van der Waals surface area contributed by atoms with E-state index in [0.29, 0.717) is 5.70 Å². The third kappa shape index (κ3) is 3.31. The molecule has 0 aliphatic carbocycles. The summed E-state index contributed by atoms with van der Waals surface area (Å²) in [5.74, 6) is -1.22. The summed E-state index contributed by atoms with van der Waals surface area (Å²) in [4.78, 5) is 27.0. The first-order valence-electron chi connectivity index (χ1n) is 8.86. The molecule has 0 saturated heterocycles. The predicted octanol–water partition coefficient (Wildman–Crippen LogP) is 3.17. The Morgan fingerprint density at radius 2 is 1.68 bits per heavy atom. The van der Waals surface area contributed by atoms with Crippen LogP contribution in [0.5, 0.6) is 0 Å². The monoisotopic (exact) mass is 344 g/mol. The number of allylic oxidation sites excluding steroid dienone is 1. The maximum atomic E-state index is 12.8. The highest BCUT2D eigenvalue weighted by Gasteiger charge is 2.44. The Bertz CT molecular complexity index is 769. The maximum Gasteiger partial charge on any atom is 0.339 e. The summed E-state index contributed by atoms with van der Waals surface area (Å²) in [6.07, 6.45) is 0. The average Bonchev–Trinajstić information content (AvgIpc) is 2.61. The fraction of sp³-hybridized carbons (Fsp3) is 0.400. The summed E-state index contributed by atoms with van der Waals surface area (Å²) in [6.45, 7) is 7.40. The van der Waals surface area contributed by atoms with E-state index in [1.807, 2.05) is 42.2 Å². The van der Waals surface area contributed by atoms with E-state index in [9.17, 15) is 9.59 Å². The highest BCUT2D eigenvalue weighted by atomic mass is 16.5. The Balaban J connectivity index is 2.75. The van der Waals surface area contributed by atoms with Crippen LogP contribution in [-0.4, -0.2) is 37.1 Å². The van der Waals surface area contributed by atoms with Crippen LogP contribution in [0.25, 0.3) is 0 Å². The molecule has 1 aliphatic rings. The molecule has 0 radical (unpaired) electrons. The minimum Gasteiger partial charge on any atom is -0.463 e. The molecule has 1 heterocycles. The van der Waals surface area contributed by atoms with Crippen molar-refractivity contribution in [1.82, 2.24) is 4.90 Å². The number of ether oxygens (including phenoxy) is 2. The molecule has 0 bridgehead atoms. The van der Waals surface area contributed by atoms with Gasteiger partial charge in [-0.2, -0.15) is 0 Å². The van der Waals surface area contributed by atoms with Crippen LogP contribution in [0, 0.1) is 0 Å². The van der Waals surface area contributed by atoms with Gasteiger partial charge in [0.05, 0.1) is 31.3 Å². The molecule has 1 aromatic rings. The topological polar surface area (TPSA) is 55.8 Å². The van der Waals surface area contributed by atoms with Gasteiger partial charge in [-0.1, -0.05) is 30.3 Å². The van der Waals surface area contributed by atoms with Crippen LogP contribution in [0.1, 0.15) is 34.6 Å². The average molecular weight is 344 g/mol. The van der Waals surface area contributed by atoms with E-state index in [-0.39, 0.29) is 30.4 Å². The van der Waals surface area contributed by atoms with Crippen LogP contribution in [0.2, 0.25) is 0 Å². The number of hydrogen-bond donors (Lipinski definition) is 0. The summed E-state index contributed by atoms with van der Waals surface area (Å²) in [5, 5.41) is 0. The third-order valence-electron chi connectivity index (χ3n) is 4.57. The Labute approximate surface area is 150 Å². The van der Waals surface area contributed by atoms with E-state index < -0.39 is 17.5 Å². The van der Waals surface area contributed by atoms with Crippen molar-refractivity contribution in [3.8, 4) is 0 Å². The zero-order valence-electron chi connectivity index (χ0n) is 16.4. The molecule has 1 aromatic carbocycles. The van der Waals surface area contributed by atoms with Gasteiger partial charge in [0.2, 0.25) is 0 Å². The molecular weight excluding hydrogens is 318 g/mol. The summed E-state index contributed by atoms with van der Waals surface area (Å²) in [5.41, 5.74) is 0.683.